The normalized spacial score (nSPS) is 11.1. The largest absolute Gasteiger partial charge is 0.371 e. The van der Waals surface area contributed by atoms with Crippen molar-refractivity contribution in [3.05, 3.63) is 28.8 Å². The third kappa shape index (κ3) is 4.70. The van der Waals surface area contributed by atoms with Gasteiger partial charge in [0.15, 0.2) is 0 Å². The summed E-state index contributed by atoms with van der Waals surface area (Å²) in [5, 5.41) is 4.05. The maximum Gasteiger partial charge on any atom is 0.0426 e. The summed E-state index contributed by atoms with van der Waals surface area (Å²) < 4.78 is 0. The van der Waals surface area contributed by atoms with Crippen molar-refractivity contribution in [1.29, 1.82) is 0 Å². The van der Waals surface area contributed by atoms with Gasteiger partial charge in [-0.3, -0.25) is 0 Å². The minimum absolute atomic E-state index is 0.751. The maximum absolute atomic E-state index is 6.18. The number of nitrogens with one attached hydrogen (secondary N) is 1. The van der Waals surface area contributed by atoms with Crippen LogP contribution < -0.4 is 10.2 Å². The fourth-order valence-corrected chi connectivity index (χ4v) is 2.59. The van der Waals surface area contributed by atoms with Gasteiger partial charge in [-0.25, -0.2) is 0 Å². The molecule has 0 bridgehead atoms. The number of nitrogens with zero attached hydrogens (tertiary/aromatic N) is 1. The van der Waals surface area contributed by atoms with Crippen LogP contribution in [0.15, 0.2) is 18.2 Å². The van der Waals surface area contributed by atoms with Gasteiger partial charge in [0.1, 0.15) is 0 Å². The van der Waals surface area contributed by atoms with E-state index in [1.807, 2.05) is 13.1 Å². The van der Waals surface area contributed by atoms with Crippen molar-refractivity contribution in [2.24, 2.45) is 5.92 Å². The van der Waals surface area contributed by atoms with E-state index in [4.69, 9.17) is 11.6 Å². The van der Waals surface area contributed by atoms with E-state index in [2.05, 4.69) is 43.1 Å². The molecule has 0 aliphatic carbocycles. The topological polar surface area (TPSA) is 15.3 Å². The number of hydrogen-bond acceptors (Lipinski definition) is 2. The lowest BCUT2D eigenvalue weighted by molar-refractivity contribution is 0.485. The number of hydrogen-bond donors (Lipinski definition) is 1. The van der Waals surface area contributed by atoms with Gasteiger partial charge in [-0.1, -0.05) is 44.4 Å². The van der Waals surface area contributed by atoms with Gasteiger partial charge in [-0.05, 0) is 37.6 Å². The van der Waals surface area contributed by atoms with Crippen molar-refractivity contribution < 1.29 is 0 Å². The molecule has 0 heterocycles. The Morgan fingerprint density at radius 3 is 2.42 bits per heavy atom. The van der Waals surface area contributed by atoms with Gasteiger partial charge in [-0.2, -0.15) is 0 Å². The summed E-state index contributed by atoms with van der Waals surface area (Å²) in [6.45, 7) is 9.77. The molecule has 0 radical (unpaired) electrons. The summed E-state index contributed by atoms with van der Waals surface area (Å²) in [5.41, 5.74) is 2.59. The van der Waals surface area contributed by atoms with Crippen molar-refractivity contribution in [2.75, 3.05) is 25.0 Å². The molecule has 1 aromatic rings. The summed E-state index contributed by atoms with van der Waals surface area (Å²) in [7, 11) is 1.98. The van der Waals surface area contributed by atoms with Gasteiger partial charge >= 0.3 is 0 Å². The monoisotopic (exact) mass is 282 g/mol. The zero-order valence-corrected chi connectivity index (χ0v) is 13.4. The molecule has 1 rings (SSSR count). The van der Waals surface area contributed by atoms with E-state index in [9.17, 15) is 0 Å². The summed E-state index contributed by atoms with van der Waals surface area (Å²) in [4.78, 5) is 2.45. The number of anilines is 1. The van der Waals surface area contributed by atoms with Crippen LogP contribution in [-0.2, 0) is 6.54 Å². The average Bonchev–Trinajstić information content (AvgIpc) is 2.43. The van der Waals surface area contributed by atoms with E-state index in [0.29, 0.717) is 0 Å². The van der Waals surface area contributed by atoms with Gasteiger partial charge in [0.25, 0.3) is 0 Å². The quantitative estimate of drug-likeness (QED) is 0.764. The van der Waals surface area contributed by atoms with Crippen LogP contribution in [0, 0.1) is 5.92 Å². The van der Waals surface area contributed by atoms with Crippen LogP contribution >= 0.6 is 11.6 Å². The Labute approximate surface area is 123 Å². The van der Waals surface area contributed by atoms with Crippen LogP contribution in [0.3, 0.4) is 0 Å². The Hall–Kier alpha value is -0.730. The first-order chi connectivity index (χ1) is 9.15. The maximum atomic E-state index is 6.18. The first-order valence-electron chi connectivity index (χ1n) is 7.34. The summed E-state index contributed by atoms with van der Waals surface area (Å²) in [6, 6.07) is 6.20. The third-order valence-corrected chi connectivity index (χ3v) is 4.01. The minimum atomic E-state index is 0.751. The molecule has 0 atom stereocenters. The molecule has 0 spiro atoms. The molecule has 2 nitrogen and oxygen atoms in total. The Morgan fingerprint density at radius 2 is 1.89 bits per heavy atom. The van der Waals surface area contributed by atoms with Crippen LogP contribution in [0.1, 0.15) is 39.2 Å². The molecule has 0 aromatic heterocycles. The van der Waals surface area contributed by atoms with Gasteiger partial charge in [-0.15, -0.1) is 0 Å². The second kappa shape index (κ2) is 8.44. The molecule has 3 heteroatoms. The zero-order valence-electron chi connectivity index (χ0n) is 12.7. The Balaban J connectivity index is 2.98. The van der Waals surface area contributed by atoms with Crippen molar-refractivity contribution >= 4 is 17.3 Å². The van der Waals surface area contributed by atoms with Crippen molar-refractivity contribution in [1.82, 2.24) is 5.32 Å². The molecule has 19 heavy (non-hydrogen) atoms. The fourth-order valence-electron chi connectivity index (χ4n) is 2.43. The van der Waals surface area contributed by atoms with Gasteiger partial charge < -0.3 is 10.2 Å². The lowest BCUT2D eigenvalue weighted by Crippen LogP contribution is -2.30. The second-order valence-electron chi connectivity index (χ2n) is 5.02. The highest BCUT2D eigenvalue weighted by molar-refractivity contribution is 6.30. The highest BCUT2D eigenvalue weighted by Crippen LogP contribution is 2.26. The van der Waals surface area contributed by atoms with Gasteiger partial charge in [0.2, 0.25) is 0 Å². The molecule has 108 valence electrons. The van der Waals surface area contributed by atoms with E-state index in [-0.39, 0.29) is 0 Å². The lowest BCUT2D eigenvalue weighted by Gasteiger charge is -2.29. The number of halogens is 1. The number of benzene rings is 1. The highest BCUT2D eigenvalue weighted by Gasteiger charge is 2.14. The predicted octanol–water partition coefficient (Wildman–Crippen LogP) is 4.32. The van der Waals surface area contributed by atoms with Crippen molar-refractivity contribution in [2.45, 2.75) is 40.2 Å². The van der Waals surface area contributed by atoms with E-state index < -0.39 is 0 Å². The number of rotatable bonds is 8. The summed E-state index contributed by atoms with van der Waals surface area (Å²) in [5.74, 6) is 0.751. The van der Waals surface area contributed by atoms with E-state index in [1.165, 1.54) is 24.1 Å². The smallest absolute Gasteiger partial charge is 0.0426 e. The molecule has 0 unspecified atom stereocenters. The first-order valence-corrected chi connectivity index (χ1v) is 7.71. The van der Waals surface area contributed by atoms with Crippen molar-refractivity contribution in [3.8, 4) is 0 Å². The molecule has 1 N–H and O–H groups in total. The molecule has 0 amide bonds. The molecular formula is C16H27ClN2. The van der Waals surface area contributed by atoms with Crippen LogP contribution in [0.25, 0.3) is 0 Å². The summed E-state index contributed by atoms with van der Waals surface area (Å²) in [6.07, 6.45) is 2.46. The molecule has 0 aliphatic heterocycles. The van der Waals surface area contributed by atoms with E-state index in [0.717, 1.165) is 30.6 Å². The zero-order chi connectivity index (χ0) is 14.3. The molecule has 0 saturated carbocycles. The van der Waals surface area contributed by atoms with E-state index >= 15 is 0 Å². The molecule has 0 aliphatic rings. The van der Waals surface area contributed by atoms with Crippen LogP contribution in [-0.4, -0.2) is 20.1 Å². The molecular weight excluding hydrogens is 256 g/mol. The second-order valence-corrected chi connectivity index (χ2v) is 5.46. The van der Waals surface area contributed by atoms with Crippen LogP contribution in [0.4, 0.5) is 5.69 Å². The highest BCUT2D eigenvalue weighted by atomic mass is 35.5. The Bertz CT molecular complexity index is 375. The van der Waals surface area contributed by atoms with Crippen molar-refractivity contribution in [3.63, 3.8) is 0 Å². The fraction of sp³-hybridized carbons (Fsp3) is 0.625. The third-order valence-electron chi connectivity index (χ3n) is 3.77. The van der Waals surface area contributed by atoms with Crippen LogP contribution in [0.2, 0.25) is 5.02 Å². The Kier molecular flexibility index (Phi) is 7.25. The SMILES string of the molecule is CCC(CC)CN(CC)c1cc(Cl)ccc1CNC. The summed E-state index contributed by atoms with van der Waals surface area (Å²) >= 11 is 6.18. The molecule has 0 fully saturated rings. The average molecular weight is 283 g/mol. The first kappa shape index (κ1) is 16.3. The minimum Gasteiger partial charge on any atom is -0.371 e. The molecule has 0 saturated heterocycles. The predicted molar refractivity (Wildman–Crippen MR) is 86.2 cm³/mol. The Morgan fingerprint density at radius 1 is 1.21 bits per heavy atom. The standard InChI is InChI=1S/C16H27ClN2/c1-5-13(6-2)12-19(7-3)16-10-15(17)9-8-14(16)11-18-4/h8-10,13,18H,5-7,11-12H2,1-4H3. The van der Waals surface area contributed by atoms with Gasteiger partial charge in [0.05, 0.1) is 0 Å². The van der Waals surface area contributed by atoms with Crippen LogP contribution in [0.5, 0.6) is 0 Å². The lowest BCUT2D eigenvalue weighted by atomic mass is 10.0. The van der Waals surface area contributed by atoms with E-state index in [1.54, 1.807) is 0 Å². The van der Waals surface area contributed by atoms with Gasteiger partial charge in [0, 0.05) is 30.3 Å². The molecule has 1 aromatic carbocycles.